The summed E-state index contributed by atoms with van der Waals surface area (Å²) in [5.41, 5.74) is 9.95. The Balaban J connectivity index is 1.68. The van der Waals surface area contributed by atoms with Gasteiger partial charge in [0.15, 0.2) is 5.96 Å². The van der Waals surface area contributed by atoms with Crippen LogP contribution in [-0.4, -0.2) is 38.1 Å². The number of nitrogens with zero attached hydrogens (tertiary/aromatic N) is 2. The normalized spacial score (nSPS) is 17.9. The van der Waals surface area contributed by atoms with E-state index in [2.05, 4.69) is 66.6 Å². The van der Waals surface area contributed by atoms with Crippen LogP contribution in [0.2, 0.25) is 0 Å². The first-order chi connectivity index (χ1) is 13.1. The highest BCUT2D eigenvalue weighted by molar-refractivity contribution is 5.78. The minimum Gasteiger partial charge on any atom is -0.493 e. The Morgan fingerprint density at radius 2 is 1.96 bits per heavy atom. The lowest BCUT2D eigenvalue weighted by atomic mass is 10.0. The first kappa shape index (κ1) is 19.2. The largest absolute Gasteiger partial charge is 0.493 e. The van der Waals surface area contributed by atoms with Crippen LogP contribution in [0.15, 0.2) is 53.5 Å². The summed E-state index contributed by atoms with van der Waals surface area (Å²) in [6.45, 7) is 3.47. The molecule has 2 aromatic rings. The first-order valence-corrected chi connectivity index (χ1v) is 9.62. The SMILES string of the molecule is CCc1ccc(C(CN=C(N)NC2CCOc3ccccc32)N(C)C)cc1. The van der Waals surface area contributed by atoms with Gasteiger partial charge in [0.05, 0.1) is 25.2 Å². The van der Waals surface area contributed by atoms with E-state index in [0.29, 0.717) is 19.1 Å². The number of hydrogen-bond donors (Lipinski definition) is 2. The second-order valence-corrected chi connectivity index (χ2v) is 7.17. The van der Waals surface area contributed by atoms with Crippen LogP contribution < -0.4 is 15.8 Å². The van der Waals surface area contributed by atoms with Crippen molar-refractivity contribution in [1.29, 1.82) is 0 Å². The number of aliphatic imine (C=N–C) groups is 1. The van der Waals surface area contributed by atoms with E-state index in [4.69, 9.17) is 10.5 Å². The molecule has 0 fully saturated rings. The van der Waals surface area contributed by atoms with Crippen molar-refractivity contribution in [2.45, 2.75) is 31.8 Å². The molecule has 2 atom stereocenters. The smallest absolute Gasteiger partial charge is 0.189 e. The molecule has 3 N–H and O–H groups in total. The highest BCUT2D eigenvalue weighted by atomic mass is 16.5. The van der Waals surface area contributed by atoms with Gasteiger partial charge in [-0.05, 0) is 37.7 Å². The maximum atomic E-state index is 6.21. The quantitative estimate of drug-likeness (QED) is 0.608. The summed E-state index contributed by atoms with van der Waals surface area (Å²) in [5, 5.41) is 3.37. The first-order valence-electron chi connectivity index (χ1n) is 9.62. The molecule has 0 amide bonds. The molecule has 5 nitrogen and oxygen atoms in total. The second kappa shape index (κ2) is 8.91. The predicted octanol–water partition coefficient (Wildman–Crippen LogP) is 3.28. The van der Waals surface area contributed by atoms with Crippen molar-refractivity contribution in [3.63, 3.8) is 0 Å². The fraction of sp³-hybridized carbons (Fsp3) is 0.409. The van der Waals surface area contributed by atoms with Crippen molar-refractivity contribution in [2.75, 3.05) is 27.2 Å². The zero-order valence-corrected chi connectivity index (χ0v) is 16.5. The lowest BCUT2D eigenvalue weighted by Crippen LogP contribution is -2.38. The number of nitrogens with one attached hydrogen (secondary N) is 1. The van der Waals surface area contributed by atoms with Crippen molar-refractivity contribution in [3.05, 3.63) is 65.2 Å². The Labute approximate surface area is 162 Å². The number of aryl methyl sites for hydroxylation is 1. The number of fused-ring (bicyclic) bond motifs is 1. The molecule has 0 spiro atoms. The maximum absolute atomic E-state index is 6.21. The molecule has 2 unspecified atom stereocenters. The predicted molar refractivity (Wildman–Crippen MR) is 111 cm³/mol. The molecule has 1 aliphatic heterocycles. The third-order valence-electron chi connectivity index (χ3n) is 5.11. The van der Waals surface area contributed by atoms with E-state index in [0.717, 1.165) is 24.2 Å². The molecule has 5 heteroatoms. The molecule has 1 aliphatic rings. The molecule has 1 heterocycles. The number of guanidine groups is 1. The van der Waals surface area contributed by atoms with Crippen molar-refractivity contribution in [3.8, 4) is 5.75 Å². The molecular weight excluding hydrogens is 336 g/mol. The number of ether oxygens (including phenoxy) is 1. The van der Waals surface area contributed by atoms with Crippen molar-refractivity contribution >= 4 is 5.96 Å². The molecule has 0 bridgehead atoms. The third kappa shape index (κ3) is 4.80. The van der Waals surface area contributed by atoms with Gasteiger partial charge in [-0.15, -0.1) is 0 Å². The van der Waals surface area contributed by atoms with Crippen LogP contribution in [0.3, 0.4) is 0 Å². The summed E-state index contributed by atoms with van der Waals surface area (Å²) in [4.78, 5) is 6.81. The fourth-order valence-corrected chi connectivity index (χ4v) is 3.44. The van der Waals surface area contributed by atoms with Gasteiger partial charge < -0.3 is 20.7 Å². The van der Waals surface area contributed by atoms with E-state index < -0.39 is 0 Å². The molecule has 2 aromatic carbocycles. The van der Waals surface area contributed by atoms with Crippen molar-refractivity contribution in [2.24, 2.45) is 10.7 Å². The number of hydrogen-bond acceptors (Lipinski definition) is 3. The van der Waals surface area contributed by atoms with Gasteiger partial charge in [-0.1, -0.05) is 49.4 Å². The summed E-state index contributed by atoms with van der Waals surface area (Å²) in [5.74, 6) is 1.41. The van der Waals surface area contributed by atoms with Gasteiger partial charge in [-0.2, -0.15) is 0 Å². The molecular formula is C22H30N4O. The minimum atomic E-state index is 0.139. The monoisotopic (exact) mass is 366 g/mol. The molecule has 0 aromatic heterocycles. The Morgan fingerprint density at radius 1 is 1.22 bits per heavy atom. The number of para-hydroxylation sites is 1. The molecule has 0 aliphatic carbocycles. The maximum Gasteiger partial charge on any atom is 0.189 e. The van der Waals surface area contributed by atoms with Crippen LogP contribution in [0.5, 0.6) is 5.75 Å². The van der Waals surface area contributed by atoms with Crippen LogP contribution in [-0.2, 0) is 6.42 Å². The molecule has 0 saturated carbocycles. The lowest BCUT2D eigenvalue weighted by Gasteiger charge is -2.27. The van der Waals surface area contributed by atoms with Gasteiger partial charge in [0, 0.05) is 12.0 Å². The molecule has 0 saturated heterocycles. The Hall–Kier alpha value is -2.53. The molecule has 3 rings (SSSR count). The van der Waals surface area contributed by atoms with Crippen LogP contribution >= 0.6 is 0 Å². The number of benzene rings is 2. The van der Waals surface area contributed by atoms with Gasteiger partial charge in [0.25, 0.3) is 0 Å². The van der Waals surface area contributed by atoms with Gasteiger partial charge in [0.2, 0.25) is 0 Å². The van der Waals surface area contributed by atoms with Crippen LogP contribution in [0.1, 0.15) is 42.1 Å². The summed E-state index contributed by atoms with van der Waals surface area (Å²) in [7, 11) is 4.15. The standard InChI is InChI=1S/C22H30N4O/c1-4-16-9-11-17(12-10-16)20(26(2)3)15-24-22(23)25-19-13-14-27-21-8-6-5-7-18(19)21/h5-12,19-20H,4,13-15H2,1-3H3,(H3,23,24,25). The Morgan fingerprint density at radius 3 is 2.67 bits per heavy atom. The summed E-state index contributed by atoms with van der Waals surface area (Å²) in [6.07, 6.45) is 1.93. The molecule has 144 valence electrons. The van der Waals surface area contributed by atoms with Gasteiger partial charge in [-0.25, -0.2) is 0 Å². The average molecular weight is 367 g/mol. The van der Waals surface area contributed by atoms with Gasteiger partial charge in [-0.3, -0.25) is 4.99 Å². The zero-order valence-electron chi connectivity index (χ0n) is 16.5. The van der Waals surface area contributed by atoms with E-state index in [1.54, 1.807) is 0 Å². The molecule has 0 radical (unpaired) electrons. The topological polar surface area (TPSA) is 62.9 Å². The van der Waals surface area contributed by atoms with Crippen molar-refractivity contribution in [1.82, 2.24) is 10.2 Å². The minimum absolute atomic E-state index is 0.139. The van der Waals surface area contributed by atoms with Crippen LogP contribution in [0, 0.1) is 0 Å². The lowest BCUT2D eigenvalue weighted by molar-refractivity contribution is 0.262. The highest BCUT2D eigenvalue weighted by Crippen LogP contribution is 2.31. The number of likely N-dealkylation sites (N-methyl/N-ethyl adjacent to an activating group) is 1. The van der Waals surface area contributed by atoms with E-state index in [-0.39, 0.29) is 12.1 Å². The number of rotatable bonds is 6. The molecule has 27 heavy (non-hydrogen) atoms. The van der Waals surface area contributed by atoms with E-state index in [1.165, 1.54) is 11.1 Å². The average Bonchev–Trinajstić information content (AvgIpc) is 2.68. The van der Waals surface area contributed by atoms with Crippen molar-refractivity contribution < 1.29 is 4.74 Å². The zero-order chi connectivity index (χ0) is 19.2. The summed E-state index contributed by atoms with van der Waals surface area (Å²) in [6, 6.07) is 17.2. The fourth-order valence-electron chi connectivity index (χ4n) is 3.44. The summed E-state index contributed by atoms with van der Waals surface area (Å²) < 4.78 is 5.71. The van der Waals surface area contributed by atoms with E-state index in [9.17, 15) is 0 Å². The summed E-state index contributed by atoms with van der Waals surface area (Å²) >= 11 is 0. The Kier molecular flexibility index (Phi) is 6.35. The second-order valence-electron chi connectivity index (χ2n) is 7.17. The number of nitrogens with two attached hydrogens (primary N) is 1. The van der Waals surface area contributed by atoms with Crippen LogP contribution in [0.25, 0.3) is 0 Å². The van der Waals surface area contributed by atoms with Gasteiger partial charge in [0.1, 0.15) is 5.75 Å². The van der Waals surface area contributed by atoms with E-state index >= 15 is 0 Å². The van der Waals surface area contributed by atoms with Crippen LogP contribution in [0.4, 0.5) is 0 Å². The van der Waals surface area contributed by atoms with E-state index in [1.807, 2.05) is 18.2 Å². The Bertz CT molecular complexity index is 770. The third-order valence-corrected chi connectivity index (χ3v) is 5.11. The van der Waals surface area contributed by atoms with Gasteiger partial charge >= 0.3 is 0 Å². The highest BCUT2D eigenvalue weighted by Gasteiger charge is 2.21.